The number of nitrogens with zero attached hydrogens (tertiary/aromatic N) is 4. The Morgan fingerprint density at radius 1 is 1.04 bits per heavy atom. The third-order valence-electron chi connectivity index (χ3n) is 3.65. The number of benzene rings is 1. The van der Waals surface area contributed by atoms with Gasteiger partial charge in [0.05, 0.1) is 11.6 Å². The Labute approximate surface area is 149 Å². The average molecular weight is 345 g/mol. The van der Waals surface area contributed by atoms with Crippen LogP contribution in [0.2, 0.25) is 0 Å². The van der Waals surface area contributed by atoms with E-state index in [0.717, 1.165) is 26.5 Å². The summed E-state index contributed by atoms with van der Waals surface area (Å²) in [5.74, 6) is 1.43. The maximum Gasteiger partial charge on any atom is 0.158 e. The van der Waals surface area contributed by atoms with Crippen LogP contribution in [0.15, 0.2) is 66.0 Å². The first-order valence-corrected chi connectivity index (χ1v) is 8.64. The fraction of sp³-hybridized carbons (Fsp3) is 0.0526. The number of pyridine rings is 1. The molecule has 0 saturated heterocycles. The second-order valence-corrected chi connectivity index (χ2v) is 6.50. The van der Waals surface area contributed by atoms with Crippen molar-refractivity contribution >= 4 is 33.6 Å². The van der Waals surface area contributed by atoms with Crippen LogP contribution in [0.5, 0.6) is 0 Å². The van der Waals surface area contributed by atoms with E-state index in [9.17, 15) is 0 Å². The normalized spacial score (nSPS) is 11.2. The monoisotopic (exact) mass is 345 g/mol. The lowest BCUT2D eigenvalue weighted by atomic mass is 10.2. The zero-order valence-corrected chi connectivity index (χ0v) is 14.4. The van der Waals surface area contributed by atoms with Gasteiger partial charge >= 0.3 is 0 Å². The highest BCUT2D eigenvalue weighted by molar-refractivity contribution is 7.21. The van der Waals surface area contributed by atoms with Crippen LogP contribution >= 0.6 is 11.3 Å². The van der Waals surface area contributed by atoms with Crippen LogP contribution in [0.4, 0.5) is 5.82 Å². The zero-order chi connectivity index (χ0) is 17.1. The minimum Gasteiger partial charge on any atom is -0.265 e. The van der Waals surface area contributed by atoms with Gasteiger partial charge in [-0.2, -0.15) is 5.10 Å². The van der Waals surface area contributed by atoms with Crippen molar-refractivity contribution < 1.29 is 0 Å². The minimum absolute atomic E-state index is 0.714. The fourth-order valence-corrected chi connectivity index (χ4v) is 3.56. The molecule has 6 heteroatoms. The molecule has 3 heterocycles. The number of rotatable bonds is 4. The quantitative estimate of drug-likeness (QED) is 0.437. The Morgan fingerprint density at radius 3 is 2.64 bits per heavy atom. The van der Waals surface area contributed by atoms with Crippen molar-refractivity contribution in [3.05, 3.63) is 72.3 Å². The molecule has 122 valence electrons. The van der Waals surface area contributed by atoms with Gasteiger partial charge < -0.3 is 0 Å². The summed E-state index contributed by atoms with van der Waals surface area (Å²) in [6, 6.07) is 16.2. The van der Waals surface area contributed by atoms with Gasteiger partial charge in [-0.05, 0) is 36.2 Å². The highest BCUT2D eigenvalue weighted by atomic mass is 32.1. The molecule has 0 aliphatic rings. The van der Waals surface area contributed by atoms with Crippen molar-refractivity contribution in [2.75, 3.05) is 5.43 Å². The molecule has 0 fully saturated rings. The molecule has 0 saturated carbocycles. The molecule has 1 aromatic carbocycles. The van der Waals surface area contributed by atoms with Crippen LogP contribution in [-0.2, 0) is 0 Å². The minimum atomic E-state index is 0.714. The molecule has 5 nitrogen and oxygen atoms in total. The lowest BCUT2D eigenvalue weighted by Gasteiger charge is -2.02. The molecule has 0 spiro atoms. The van der Waals surface area contributed by atoms with Gasteiger partial charge in [-0.15, -0.1) is 11.3 Å². The Hall–Kier alpha value is -3.12. The lowest BCUT2D eigenvalue weighted by molar-refractivity contribution is 1.09. The number of anilines is 1. The molecule has 0 aliphatic carbocycles. The van der Waals surface area contributed by atoms with Crippen molar-refractivity contribution in [3.63, 3.8) is 0 Å². The first-order chi connectivity index (χ1) is 12.3. The molecule has 0 bridgehead atoms. The molecule has 0 atom stereocenters. The molecule has 0 amide bonds. The number of hydrogen-bond acceptors (Lipinski definition) is 6. The van der Waals surface area contributed by atoms with Gasteiger partial charge in [0.1, 0.15) is 10.7 Å². The van der Waals surface area contributed by atoms with Crippen LogP contribution < -0.4 is 5.43 Å². The highest BCUT2D eigenvalue weighted by Gasteiger charge is 2.11. The molecule has 25 heavy (non-hydrogen) atoms. The third-order valence-corrected chi connectivity index (χ3v) is 4.73. The maximum atomic E-state index is 4.56. The van der Waals surface area contributed by atoms with Crippen molar-refractivity contribution in [1.29, 1.82) is 0 Å². The fourth-order valence-electron chi connectivity index (χ4n) is 2.48. The smallest absolute Gasteiger partial charge is 0.158 e. The summed E-state index contributed by atoms with van der Waals surface area (Å²) >= 11 is 1.66. The van der Waals surface area contributed by atoms with Crippen LogP contribution in [0, 0.1) is 6.92 Å². The van der Waals surface area contributed by atoms with Crippen LogP contribution in [0.1, 0.15) is 11.4 Å². The summed E-state index contributed by atoms with van der Waals surface area (Å²) in [5.41, 5.74) is 5.19. The number of hydrogen-bond donors (Lipinski definition) is 1. The molecule has 0 unspecified atom stereocenters. The molecular weight excluding hydrogens is 330 g/mol. The Bertz CT molecular complexity index is 1030. The first kappa shape index (κ1) is 15.4. The van der Waals surface area contributed by atoms with E-state index in [-0.39, 0.29) is 0 Å². The van der Waals surface area contributed by atoms with E-state index < -0.39 is 0 Å². The summed E-state index contributed by atoms with van der Waals surface area (Å²) < 4.78 is 0. The molecule has 3 aromatic heterocycles. The predicted molar refractivity (Wildman–Crippen MR) is 103 cm³/mol. The summed E-state index contributed by atoms with van der Waals surface area (Å²) in [4.78, 5) is 15.2. The number of nitrogens with one attached hydrogen (secondary N) is 1. The summed E-state index contributed by atoms with van der Waals surface area (Å²) in [5, 5.41) is 5.27. The Balaban J connectivity index is 1.68. The second kappa shape index (κ2) is 6.78. The molecule has 4 aromatic rings. The number of aryl methyl sites for hydroxylation is 1. The number of aromatic nitrogens is 3. The van der Waals surface area contributed by atoms with Gasteiger partial charge in [-0.1, -0.05) is 30.3 Å². The summed E-state index contributed by atoms with van der Waals surface area (Å²) in [6.07, 6.45) is 5.22. The van der Waals surface area contributed by atoms with Crippen LogP contribution in [0.25, 0.3) is 20.7 Å². The summed E-state index contributed by atoms with van der Waals surface area (Å²) in [7, 11) is 0. The van der Waals surface area contributed by atoms with Gasteiger partial charge in [0, 0.05) is 17.3 Å². The first-order valence-electron chi connectivity index (χ1n) is 7.82. The van der Waals surface area contributed by atoms with E-state index in [1.165, 1.54) is 5.56 Å². The van der Waals surface area contributed by atoms with E-state index in [4.69, 9.17) is 0 Å². The van der Waals surface area contributed by atoms with Gasteiger partial charge in [-0.3, -0.25) is 10.4 Å². The van der Waals surface area contributed by atoms with E-state index >= 15 is 0 Å². The van der Waals surface area contributed by atoms with Crippen molar-refractivity contribution in [1.82, 2.24) is 15.0 Å². The molecule has 4 rings (SSSR count). The topological polar surface area (TPSA) is 63.1 Å². The SMILES string of the molecule is Cc1nc(NN=Cc2ccncc2)c2cc(-c3ccccc3)sc2n1. The zero-order valence-electron chi connectivity index (χ0n) is 13.5. The second-order valence-electron chi connectivity index (χ2n) is 5.47. The largest absolute Gasteiger partial charge is 0.265 e. The highest BCUT2D eigenvalue weighted by Crippen LogP contribution is 2.35. The average Bonchev–Trinajstić information content (AvgIpc) is 3.07. The molecule has 0 aliphatic heterocycles. The number of thiophene rings is 1. The Kier molecular flexibility index (Phi) is 4.18. The standard InChI is InChI=1S/C19H15N5S/c1-13-22-18(24-21-12-14-7-9-20-10-8-14)16-11-17(25-19(16)23-13)15-5-3-2-4-6-15/h2-12H,1H3,(H,22,23,24). The maximum absolute atomic E-state index is 4.56. The third kappa shape index (κ3) is 3.39. The molecule has 1 N–H and O–H groups in total. The molecule has 0 radical (unpaired) electrons. The number of hydrazone groups is 1. The van der Waals surface area contributed by atoms with Crippen LogP contribution in [-0.4, -0.2) is 21.2 Å². The van der Waals surface area contributed by atoms with Gasteiger partial charge in [-0.25, -0.2) is 9.97 Å². The van der Waals surface area contributed by atoms with Crippen molar-refractivity contribution in [2.24, 2.45) is 5.10 Å². The van der Waals surface area contributed by atoms with Gasteiger partial charge in [0.15, 0.2) is 5.82 Å². The van der Waals surface area contributed by atoms with E-state index in [1.54, 1.807) is 29.9 Å². The van der Waals surface area contributed by atoms with E-state index in [0.29, 0.717) is 5.82 Å². The predicted octanol–water partition coefficient (Wildman–Crippen LogP) is 4.51. The van der Waals surface area contributed by atoms with Crippen molar-refractivity contribution in [2.45, 2.75) is 6.92 Å². The summed E-state index contributed by atoms with van der Waals surface area (Å²) in [6.45, 7) is 1.89. The van der Waals surface area contributed by atoms with E-state index in [2.05, 4.69) is 43.7 Å². The van der Waals surface area contributed by atoms with E-state index in [1.807, 2.05) is 37.3 Å². The Morgan fingerprint density at radius 2 is 1.84 bits per heavy atom. The number of fused-ring (bicyclic) bond motifs is 1. The lowest BCUT2D eigenvalue weighted by Crippen LogP contribution is -1.97. The molecular formula is C19H15N5S. The van der Waals surface area contributed by atoms with Crippen molar-refractivity contribution in [3.8, 4) is 10.4 Å². The van der Waals surface area contributed by atoms with Gasteiger partial charge in [0.2, 0.25) is 0 Å². The van der Waals surface area contributed by atoms with Gasteiger partial charge in [0.25, 0.3) is 0 Å². The van der Waals surface area contributed by atoms with Crippen LogP contribution in [0.3, 0.4) is 0 Å².